The van der Waals surface area contributed by atoms with E-state index >= 15 is 0 Å². The molecule has 0 heterocycles. The number of hydrogen-bond donors (Lipinski definition) is 2. The lowest BCUT2D eigenvalue weighted by Crippen LogP contribution is -2.43. The first-order valence-electron chi connectivity index (χ1n) is 7.52. The Kier molecular flexibility index (Phi) is 7.05. The molecular formula is C18H18INO5. The Labute approximate surface area is 159 Å². The summed E-state index contributed by atoms with van der Waals surface area (Å²) >= 11 is 1.99. The second-order valence-electron chi connectivity index (χ2n) is 5.27. The molecule has 2 aromatic carbocycles. The second kappa shape index (κ2) is 9.26. The van der Waals surface area contributed by atoms with Gasteiger partial charge < -0.3 is 19.9 Å². The first-order chi connectivity index (χ1) is 12.0. The number of amides is 1. The van der Waals surface area contributed by atoms with Gasteiger partial charge in [-0.1, -0.05) is 36.4 Å². The zero-order chi connectivity index (χ0) is 18.2. The van der Waals surface area contributed by atoms with Crippen LogP contribution in [0.15, 0.2) is 48.5 Å². The molecule has 25 heavy (non-hydrogen) atoms. The van der Waals surface area contributed by atoms with Crippen LogP contribution in [0.1, 0.15) is 11.1 Å². The Morgan fingerprint density at radius 1 is 1.16 bits per heavy atom. The van der Waals surface area contributed by atoms with Crippen molar-refractivity contribution in [2.75, 3.05) is 7.11 Å². The molecule has 1 amide bonds. The molecule has 0 aliphatic heterocycles. The second-order valence-corrected chi connectivity index (χ2v) is 6.43. The van der Waals surface area contributed by atoms with Crippen LogP contribution in [0.5, 0.6) is 5.75 Å². The molecular weight excluding hydrogens is 437 g/mol. The van der Waals surface area contributed by atoms with Crippen LogP contribution in [0.4, 0.5) is 4.79 Å². The first kappa shape index (κ1) is 19.0. The van der Waals surface area contributed by atoms with Crippen LogP contribution in [0, 0.1) is 3.57 Å². The molecule has 0 unspecified atom stereocenters. The van der Waals surface area contributed by atoms with Crippen LogP contribution in [0.3, 0.4) is 0 Å². The number of alkyl carbamates (subject to hydrolysis) is 1. The highest BCUT2D eigenvalue weighted by Gasteiger charge is 2.23. The molecule has 6 nitrogen and oxygen atoms in total. The van der Waals surface area contributed by atoms with Crippen LogP contribution in [0.2, 0.25) is 0 Å². The Bertz CT molecular complexity index is 736. The van der Waals surface area contributed by atoms with Crippen molar-refractivity contribution in [3.8, 4) is 5.75 Å². The minimum absolute atomic E-state index is 0.109. The lowest BCUT2D eigenvalue weighted by molar-refractivity contribution is -0.143. The lowest BCUT2D eigenvalue weighted by atomic mass is 10.1. The number of phenols is 1. The molecule has 0 spiro atoms. The van der Waals surface area contributed by atoms with E-state index in [0.717, 1.165) is 11.1 Å². The summed E-state index contributed by atoms with van der Waals surface area (Å²) in [6.45, 7) is 0.109. The van der Waals surface area contributed by atoms with E-state index in [2.05, 4.69) is 5.32 Å². The number of esters is 1. The Balaban J connectivity index is 1.98. The molecule has 0 aromatic heterocycles. The van der Waals surface area contributed by atoms with Gasteiger partial charge in [0.1, 0.15) is 18.4 Å². The number of ether oxygens (including phenoxy) is 2. The molecule has 0 aliphatic rings. The van der Waals surface area contributed by atoms with E-state index < -0.39 is 18.1 Å². The van der Waals surface area contributed by atoms with Gasteiger partial charge in [0.05, 0.1) is 10.7 Å². The molecule has 7 heteroatoms. The molecule has 0 saturated heterocycles. The Hall–Kier alpha value is -2.29. The van der Waals surface area contributed by atoms with Gasteiger partial charge in [0, 0.05) is 6.42 Å². The van der Waals surface area contributed by atoms with Gasteiger partial charge in [-0.3, -0.25) is 0 Å². The summed E-state index contributed by atoms with van der Waals surface area (Å²) in [6.07, 6.45) is -0.476. The first-order valence-corrected chi connectivity index (χ1v) is 8.60. The van der Waals surface area contributed by atoms with Crippen LogP contribution in [0.25, 0.3) is 0 Å². The summed E-state index contributed by atoms with van der Waals surface area (Å²) in [6, 6.07) is 13.3. The van der Waals surface area contributed by atoms with Gasteiger partial charge in [-0.05, 0) is 45.9 Å². The van der Waals surface area contributed by atoms with Gasteiger partial charge in [0.2, 0.25) is 0 Å². The highest BCUT2D eigenvalue weighted by atomic mass is 127. The van der Waals surface area contributed by atoms with Gasteiger partial charge >= 0.3 is 12.1 Å². The maximum absolute atomic E-state index is 12.0. The number of rotatable bonds is 6. The van der Waals surface area contributed by atoms with Gasteiger partial charge in [-0.25, -0.2) is 9.59 Å². The van der Waals surface area contributed by atoms with E-state index in [1.54, 1.807) is 18.2 Å². The highest BCUT2D eigenvalue weighted by molar-refractivity contribution is 14.1. The Morgan fingerprint density at radius 2 is 1.88 bits per heavy atom. The normalized spacial score (nSPS) is 11.4. The van der Waals surface area contributed by atoms with Crippen molar-refractivity contribution in [2.45, 2.75) is 19.1 Å². The molecule has 132 valence electrons. The number of methoxy groups -OCH3 is 1. The van der Waals surface area contributed by atoms with Gasteiger partial charge in [0.15, 0.2) is 0 Å². The van der Waals surface area contributed by atoms with Crippen LogP contribution >= 0.6 is 22.6 Å². The molecule has 2 aromatic rings. The number of benzene rings is 2. The third-order valence-corrected chi connectivity index (χ3v) is 4.31. The number of nitrogens with one attached hydrogen (secondary N) is 1. The van der Waals surface area contributed by atoms with Crippen molar-refractivity contribution in [3.05, 3.63) is 63.2 Å². The highest BCUT2D eigenvalue weighted by Crippen LogP contribution is 2.21. The average Bonchev–Trinajstić information content (AvgIpc) is 2.62. The van der Waals surface area contributed by atoms with Crippen LogP contribution < -0.4 is 5.32 Å². The SMILES string of the molecule is COC(=O)[C@H](Cc1ccc(O)c(I)c1)NC(=O)OCc1ccccc1. The van der Waals surface area contributed by atoms with E-state index in [0.29, 0.717) is 3.57 Å². The number of carbonyl (C=O) groups excluding carboxylic acids is 2. The van der Waals surface area contributed by atoms with E-state index in [-0.39, 0.29) is 18.8 Å². The van der Waals surface area contributed by atoms with E-state index in [9.17, 15) is 14.7 Å². The van der Waals surface area contributed by atoms with Crippen LogP contribution in [-0.2, 0) is 27.3 Å². The topological polar surface area (TPSA) is 84.9 Å². The number of carbonyl (C=O) groups is 2. The minimum atomic E-state index is -0.881. The van der Waals surface area contributed by atoms with E-state index in [1.165, 1.54) is 7.11 Å². The van der Waals surface area contributed by atoms with Gasteiger partial charge in [-0.2, -0.15) is 0 Å². The van der Waals surface area contributed by atoms with Crippen molar-refractivity contribution in [1.29, 1.82) is 0 Å². The standard InChI is InChI=1S/C18H18INO5/c1-24-17(22)15(10-13-7-8-16(21)14(19)9-13)20-18(23)25-11-12-5-3-2-4-6-12/h2-9,15,21H,10-11H2,1H3,(H,20,23)/t15-/m0/s1. The third kappa shape index (κ3) is 5.93. The van der Waals surface area contributed by atoms with Crippen molar-refractivity contribution in [2.24, 2.45) is 0 Å². The van der Waals surface area contributed by atoms with Crippen molar-refractivity contribution >= 4 is 34.7 Å². The molecule has 0 bridgehead atoms. The zero-order valence-corrected chi connectivity index (χ0v) is 15.7. The van der Waals surface area contributed by atoms with E-state index in [1.807, 2.05) is 52.9 Å². The molecule has 1 atom stereocenters. The number of hydrogen-bond acceptors (Lipinski definition) is 5. The largest absolute Gasteiger partial charge is 0.507 e. The molecule has 0 radical (unpaired) electrons. The van der Waals surface area contributed by atoms with Crippen molar-refractivity contribution < 1.29 is 24.2 Å². The maximum atomic E-state index is 12.0. The van der Waals surface area contributed by atoms with Crippen molar-refractivity contribution in [1.82, 2.24) is 5.32 Å². The molecule has 2 N–H and O–H groups in total. The predicted molar refractivity (Wildman–Crippen MR) is 100 cm³/mol. The molecule has 0 fully saturated rings. The fourth-order valence-corrected chi connectivity index (χ4v) is 2.74. The predicted octanol–water partition coefficient (Wildman–Crippen LogP) is 3.01. The number of phenolic OH excluding ortho intramolecular Hbond substituents is 1. The minimum Gasteiger partial charge on any atom is -0.507 e. The summed E-state index contributed by atoms with van der Waals surface area (Å²) in [5.41, 5.74) is 1.63. The summed E-state index contributed by atoms with van der Waals surface area (Å²) in [7, 11) is 1.26. The van der Waals surface area contributed by atoms with E-state index in [4.69, 9.17) is 9.47 Å². The summed E-state index contributed by atoms with van der Waals surface area (Å²) in [4.78, 5) is 23.9. The number of aromatic hydroxyl groups is 1. The maximum Gasteiger partial charge on any atom is 0.408 e. The quantitative estimate of drug-likeness (QED) is 0.517. The smallest absolute Gasteiger partial charge is 0.408 e. The van der Waals surface area contributed by atoms with Crippen molar-refractivity contribution in [3.63, 3.8) is 0 Å². The number of halogens is 1. The summed E-state index contributed by atoms with van der Waals surface area (Å²) < 4.78 is 10.5. The summed E-state index contributed by atoms with van der Waals surface area (Å²) in [5, 5.41) is 12.1. The average molecular weight is 455 g/mol. The van der Waals surface area contributed by atoms with Gasteiger partial charge in [-0.15, -0.1) is 0 Å². The fourth-order valence-electron chi connectivity index (χ4n) is 2.16. The summed E-state index contributed by atoms with van der Waals surface area (Å²) in [5.74, 6) is -0.408. The molecule has 0 saturated carbocycles. The lowest BCUT2D eigenvalue weighted by Gasteiger charge is -2.17. The fraction of sp³-hybridized carbons (Fsp3) is 0.222. The Morgan fingerprint density at radius 3 is 2.52 bits per heavy atom. The van der Waals surface area contributed by atoms with Crippen LogP contribution in [-0.4, -0.2) is 30.3 Å². The third-order valence-electron chi connectivity index (χ3n) is 3.44. The van der Waals surface area contributed by atoms with Gasteiger partial charge in [0.25, 0.3) is 0 Å². The monoisotopic (exact) mass is 455 g/mol. The zero-order valence-electron chi connectivity index (χ0n) is 13.6. The molecule has 0 aliphatic carbocycles. The molecule has 2 rings (SSSR count).